The topological polar surface area (TPSA) is 63.8 Å². The van der Waals surface area contributed by atoms with Gasteiger partial charge >= 0.3 is 0 Å². The Labute approximate surface area is 111 Å². The van der Waals surface area contributed by atoms with Gasteiger partial charge in [0.1, 0.15) is 0 Å². The standard InChI is InChI=1S/C12H18N4OS/c1-8(13-5-9-6-18-7-14-9)10-15-11(16-17-10)12(2,3)4/h6-8,13H,5H2,1-4H3. The first-order chi connectivity index (χ1) is 8.47. The summed E-state index contributed by atoms with van der Waals surface area (Å²) in [6, 6.07) is 0.0234. The molecule has 1 atom stereocenters. The minimum atomic E-state index is -0.0869. The number of hydrogen-bond donors (Lipinski definition) is 1. The molecular formula is C12H18N4OS. The van der Waals surface area contributed by atoms with Crippen LogP contribution in [0.15, 0.2) is 15.4 Å². The van der Waals surface area contributed by atoms with E-state index in [0.29, 0.717) is 12.4 Å². The fourth-order valence-electron chi connectivity index (χ4n) is 1.39. The molecule has 0 saturated carbocycles. The van der Waals surface area contributed by atoms with Gasteiger partial charge in [-0.05, 0) is 6.92 Å². The fraction of sp³-hybridized carbons (Fsp3) is 0.583. The summed E-state index contributed by atoms with van der Waals surface area (Å²) < 4.78 is 5.28. The molecule has 2 aromatic heterocycles. The zero-order valence-electron chi connectivity index (χ0n) is 11.1. The van der Waals surface area contributed by atoms with Crippen LogP contribution in [0.4, 0.5) is 0 Å². The van der Waals surface area contributed by atoms with E-state index in [-0.39, 0.29) is 11.5 Å². The monoisotopic (exact) mass is 266 g/mol. The summed E-state index contributed by atoms with van der Waals surface area (Å²) in [5.74, 6) is 1.36. The lowest BCUT2D eigenvalue weighted by atomic mass is 9.96. The lowest BCUT2D eigenvalue weighted by Gasteiger charge is -2.11. The Balaban J connectivity index is 1.96. The van der Waals surface area contributed by atoms with Crippen LogP contribution < -0.4 is 5.32 Å². The van der Waals surface area contributed by atoms with E-state index >= 15 is 0 Å². The largest absolute Gasteiger partial charge is 0.338 e. The van der Waals surface area contributed by atoms with Crippen LogP contribution >= 0.6 is 11.3 Å². The molecule has 0 aliphatic heterocycles. The molecule has 0 aromatic carbocycles. The van der Waals surface area contributed by atoms with Crippen molar-refractivity contribution in [3.05, 3.63) is 28.3 Å². The van der Waals surface area contributed by atoms with Crippen molar-refractivity contribution in [2.45, 2.75) is 45.7 Å². The summed E-state index contributed by atoms with van der Waals surface area (Å²) in [5, 5.41) is 9.35. The minimum Gasteiger partial charge on any atom is -0.338 e. The average Bonchev–Trinajstić information content (AvgIpc) is 2.96. The number of nitrogens with one attached hydrogen (secondary N) is 1. The van der Waals surface area contributed by atoms with Crippen molar-refractivity contribution < 1.29 is 4.52 Å². The van der Waals surface area contributed by atoms with Gasteiger partial charge < -0.3 is 9.84 Å². The molecule has 2 rings (SSSR count). The summed E-state index contributed by atoms with van der Waals surface area (Å²) in [4.78, 5) is 8.64. The van der Waals surface area contributed by atoms with Crippen molar-refractivity contribution in [3.8, 4) is 0 Å². The molecular weight excluding hydrogens is 248 g/mol. The molecule has 0 aliphatic carbocycles. The van der Waals surface area contributed by atoms with Gasteiger partial charge in [0.15, 0.2) is 5.82 Å². The third-order valence-corrected chi connectivity index (χ3v) is 3.19. The van der Waals surface area contributed by atoms with Crippen LogP contribution in [-0.2, 0) is 12.0 Å². The number of nitrogens with zero attached hydrogens (tertiary/aromatic N) is 3. The van der Waals surface area contributed by atoms with E-state index in [0.717, 1.165) is 11.5 Å². The van der Waals surface area contributed by atoms with E-state index in [4.69, 9.17) is 4.52 Å². The second kappa shape index (κ2) is 5.16. The van der Waals surface area contributed by atoms with Crippen LogP contribution in [0.2, 0.25) is 0 Å². The highest BCUT2D eigenvalue weighted by Crippen LogP contribution is 2.20. The first-order valence-corrected chi connectivity index (χ1v) is 6.85. The maximum Gasteiger partial charge on any atom is 0.243 e. The second-order valence-electron chi connectivity index (χ2n) is 5.29. The Hall–Kier alpha value is -1.27. The smallest absolute Gasteiger partial charge is 0.243 e. The van der Waals surface area contributed by atoms with E-state index < -0.39 is 0 Å². The van der Waals surface area contributed by atoms with Gasteiger partial charge in [-0.25, -0.2) is 4.98 Å². The third kappa shape index (κ3) is 3.14. The molecule has 0 saturated heterocycles. The number of thiazole rings is 1. The quantitative estimate of drug-likeness (QED) is 0.921. The van der Waals surface area contributed by atoms with Crippen molar-refractivity contribution in [1.29, 1.82) is 0 Å². The molecule has 2 aromatic rings. The highest BCUT2D eigenvalue weighted by atomic mass is 32.1. The van der Waals surface area contributed by atoms with Gasteiger partial charge in [-0.3, -0.25) is 0 Å². The van der Waals surface area contributed by atoms with E-state index in [1.54, 1.807) is 11.3 Å². The Morgan fingerprint density at radius 1 is 1.44 bits per heavy atom. The molecule has 6 heteroatoms. The number of aromatic nitrogens is 3. The first kappa shape index (κ1) is 13.2. The molecule has 0 fully saturated rings. The summed E-state index contributed by atoms with van der Waals surface area (Å²) in [5.41, 5.74) is 2.77. The van der Waals surface area contributed by atoms with Gasteiger partial charge in [-0.1, -0.05) is 25.9 Å². The summed E-state index contributed by atoms with van der Waals surface area (Å²) in [7, 11) is 0. The molecule has 0 amide bonds. The van der Waals surface area contributed by atoms with Crippen molar-refractivity contribution in [1.82, 2.24) is 20.4 Å². The van der Waals surface area contributed by atoms with Crippen LogP contribution in [0.1, 0.15) is 51.1 Å². The van der Waals surface area contributed by atoms with Gasteiger partial charge in [-0.2, -0.15) is 4.98 Å². The van der Waals surface area contributed by atoms with Crippen LogP contribution in [-0.4, -0.2) is 15.1 Å². The lowest BCUT2D eigenvalue weighted by Crippen LogP contribution is -2.19. The Kier molecular flexibility index (Phi) is 3.77. The van der Waals surface area contributed by atoms with Crippen molar-refractivity contribution >= 4 is 11.3 Å². The van der Waals surface area contributed by atoms with Gasteiger partial charge in [-0.15, -0.1) is 11.3 Å². The molecule has 0 spiro atoms. The SMILES string of the molecule is CC(NCc1cscn1)c1nc(C(C)(C)C)no1. The van der Waals surface area contributed by atoms with E-state index in [2.05, 4.69) is 41.2 Å². The maximum atomic E-state index is 5.28. The molecule has 18 heavy (non-hydrogen) atoms. The van der Waals surface area contributed by atoms with E-state index in [1.165, 1.54) is 0 Å². The molecule has 0 bridgehead atoms. The van der Waals surface area contributed by atoms with Crippen LogP contribution in [0.25, 0.3) is 0 Å². The Bertz CT molecular complexity index is 486. The van der Waals surface area contributed by atoms with Gasteiger partial charge in [0.25, 0.3) is 0 Å². The zero-order valence-corrected chi connectivity index (χ0v) is 11.9. The van der Waals surface area contributed by atoms with Crippen molar-refractivity contribution in [3.63, 3.8) is 0 Å². The molecule has 0 aliphatic rings. The summed E-state index contributed by atoms with van der Waals surface area (Å²) in [6.07, 6.45) is 0. The maximum absolute atomic E-state index is 5.28. The highest BCUT2D eigenvalue weighted by Gasteiger charge is 2.22. The summed E-state index contributed by atoms with van der Waals surface area (Å²) in [6.45, 7) is 8.91. The molecule has 1 unspecified atom stereocenters. The minimum absolute atomic E-state index is 0.0234. The first-order valence-electron chi connectivity index (χ1n) is 5.91. The van der Waals surface area contributed by atoms with Gasteiger partial charge in [0, 0.05) is 17.3 Å². The zero-order chi connectivity index (χ0) is 13.2. The van der Waals surface area contributed by atoms with Gasteiger partial charge in [0.2, 0.25) is 5.89 Å². The molecule has 98 valence electrons. The Morgan fingerprint density at radius 3 is 2.78 bits per heavy atom. The van der Waals surface area contributed by atoms with Crippen LogP contribution in [0, 0.1) is 0 Å². The average molecular weight is 266 g/mol. The molecule has 2 heterocycles. The summed E-state index contributed by atoms with van der Waals surface area (Å²) >= 11 is 1.59. The second-order valence-corrected chi connectivity index (χ2v) is 6.01. The normalized spacial score (nSPS) is 13.8. The molecule has 1 N–H and O–H groups in total. The van der Waals surface area contributed by atoms with E-state index in [9.17, 15) is 0 Å². The fourth-order valence-corrected chi connectivity index (χ4v) is 1.94. The van der Waals surface area contributed by atoms with Crippen LogP contribution in [0.5, 0.6) is 0 Å². The number of rotatable bonds is 4. The van der Waals surface area contributed by atoms with Gasteiger partial charge in [0.05, 0.1) is 17.2 Å². The third-order valence-electron chi connectivity index (χ3n) is 2.56. The predicted octanol–water partition coefficient (Wildman–Crippen LogP) is 2.67. The predicted molar refractivity (Wildman–Crippen MR) is 70.4 cm³/mol. The lowest BCUT2D eigenvalue weighted by molar-refractivity contribution is 0.330. The number of hydrogen-bond acceptors (Lipinski definition) is 6. The van der Waals surface area contributed by atoms with Crippen molar-refractivity contribution in [2.24, 2.45) is 0 Å². The van der Waals surface area contributed by atoms with E-state index in [1.807, 2.05) is 17.8 Å². The Morgan fingerprint density at radius 2 is 2.22 bits per heavy atom. The highest BCUT2D eigenvalue weighted by molar-refractivity contribution is 7.07. The van der Waals surface area contributed by atoms with Crippen LogP contribution in [0.3, 0.4) is 0 Å². The molecule has 5 nitrogen and oxygen atoms in total. The molecule has 0 radical (unpaired) electrons. The van der Waals surface area contributed by atoms with Crippen molar-refractivity contribution in [2.75, 3.05) is 0 Å².